The quantitative estimate of drug-likeness (QED) is 0.317. The topological polar surface area (TPSA) is 80.1 Å². The van der Waals surface area contributed by atoms with E-state index in [1.807, 2.05) is 39.5 Å². The number of hydrogen-bond donors (Lipinski definition) is 0. The number of likely N-dealkylation sites (tertiary alicyclic amines) is 1. The number of carbonyl (C=O) groups is 1. The van der Waals surface area contributed by atoms with Gasteiger partial charge in [0.05, 0.1) is 16.6 Å². The largest absolute Gasteiger partial charge is 0.488 e. The first-order chi connectivity index (χ1) is 21.7. The normalized spacial score (nSPS) is 22.7. The van der Waals surface area contributed by atoms with Crippen LogP contribution < -0.4 is 15.3 Å². The number of rotatable bonds is 4. The maximum absolute atomic E-state index is 15.2. The van der Waals surface area contributed by atoms with Crippen LogP contribution in [-0.2, 0) is 4.74 Å². The molecule has 0 N–H and O–H groups in total. The van der Waals surface area contributed by atoms with Crippen molar-refractivity contribution < 1.29 is 23.0 Å². The maximum Gasteiger partial charge on any atom is 0.410 e. The summed E-state index contributed by atoms with van der Waals surface area (Å²) in [5, 5.41) is 0.798. The van der Waals surface area contributed by atoms with Gasteiger partial charge in [0.1, 0.15) is 29.7 Å². The van der Waals surface area contributed by atoms with Gasteiger partial charge in [0.2, 0.25) is 0 Å². The summed E-state index contributed by atoms with van der Waals surface area (Å²) in [6.45, 7) is 12.3. The van der Waals surface area contributed by atoms with Crippen LogP contribution in [-0.4, -0.2) is 83.0 Å². The summed E-state index contributed by atoms with van der Waals surface area (Å²) in [6.07, 6.45) is 2.39. The Labute approximate surface area is 273 Å². The van der Waals surface area contributed by atoms with Gasteiger partial charge >= 0.3 is 11.8 Å². The van der Waals surface area contributed by atoms with Crippen LogP contribution in [0.2, 0.25) is 5.02 Å². The zero-order valence-corrected chi connectivity index (χ0v) is 28.0. The number of piperazine rings is 1. The molecular formula is C34H42ClF2N5O4. The molecule has 0 spiro atoms. The Morgan fingerprint density at radius 2 is 1.83 bits per heavy atom. The van der Waals surface area contributed by atoms with Gasteiger partial charge < -0.3 is 24.2 Å². The number of hydrogen-bond acceptors (Lipinski definition) is 7. The van der Waals surface area contributed by atoms with Crippen molar-refractivity contribution in [3.8, 4) is 16.9 Å². The van der Waals surface area contributed by atoms with Gasteiger partial charge in [-0.2, -0.15) is 4.98 Å². The number of ether oxygens (including phenoxy) is 2. The Balaban J connectivity index is 1.47. The second kappa shape index (κ2) is 12.3. The van der Waals surface area contributed by atoms with Gasteiger partial charge in [0.25, 0.3) is 0 Å². The van der Waals surface area contributed by atoms with E-state index >= 15 is 4.39 Å². The van der Waals surface area contributed by atoms with Gasteiger partial charge in [-0.05, 0) is 98.1 Å². The van der Waals surface area contributed by atoms with Crippen LogP contribution >= 0.6 is 11.6 Å². The molecule has 2 unspecified atom stereocenters. The lowest BCUT2D eigenvalue weighted by molar-refractivity contribution is 0.0130. The van der Waals surface area contributed by atoms with Crippen LogP contribution in [0.5, 0.6) is 5.75 Å². The Bertz CT molecular complexity index is 1720. The Kier molecular flexibility index (Phi) is 8.69. The number of nitrogens with zero attached hydrogens (tertiary/aromatic N) is 5. The Hall–Kier alpha value is -3.44. The molecule has 2 aromatic carbocycles. The highest BCUT2D eigenvalue weighted by molar-refractivity contribution is 6.35. The molecule has 2 saturated heterocycles. The SMILES string of the molecule is CC1CN(c2nc(=O)n3c4c(c(-c5ccc(F)cc5F)c(Cl)cc24)OC[C@H]3CC2CCN(C)CC2)C(C)CN1C(=O)OC(C)(C)C. The van der Waals surface area contributed by atoms with Crippen LogP contribution in [0.15, 0.2) is 29.1 Å². The zero-order valence-electron chi connectivity index (χ0n) is 27.3. The van der Waals surface area contributed by atoms with Crippen molar-refractivity contribution in [2.24, 2.45) is 5.92 Å². The van der Waals surface area contributed by atoms with Gasteiger partial charge in [0.15, 0.2) is 5.75 Å². The summed E-state index contributed by atoms with van der Waals surface area (Å²) < 4.78 is 42.9. The number of carbonyl (C=O) groups excluding carboxylic acids is 1. The van der Waals surface area contributed by atoms with Crippen molar-refractivity contribution in [1.29, 1.82) is 0 Å². The molecule has 1 amide bonds. The molecule has 3 aliphatic heterocycles. The number of amides is 1. The molecule has 3 aromatic rings. The average molecular weight is 658 g/mol. The molecule has 3 aliphatic rings. The Morgan fingerprint density at radius 1 is 1.11 bits per heavy atom. The molecule has 0 bridgehead atoms. The van der Waals surface area contributed by atoms with Gasteiger partial charge in [-0.3, -0.25) is 4.57 Å². The van der Waals surface area contributed by atoms with Gasteiger partial charge in [-0.1, -0.05) is 11.6 Å². The monoisotopic (exact) mass is 657 g/mol. The van der Waals surface area contributed by atoms with Crippen LogP contribution in [0, 0.1) is 17.6 Å². The first-order valence-electron chi connectivity index (χ1n) is 16.0. The highest BCUT2D eigenvalue weighted by atomic mass is 35.5. The van der Waals surface area contributed by atoms with Crippen molar-refractivity contribution in [2.75, 3.05) is 44.7 Å². The summed E-state index contributed by atoms with van der Waals surface area (Å²) in [7, 11) is 2.11. The lowest BCUT2D eigenvalue weighted by atomic mass is 9.89. The van der Waals surface area contributed by atoms with E-state index in [2.05, 4.69) is 16.9 Å². The molecule has 248 valence electrons. The third kappa shape index (κ3) is 6.15. The lowest BCUT2D eigenvalue weighted by Crippen LogP contribution is -2.59. The lowest BCUT2D eigenvalue weighted by Gasteiger charge is -2.45. The van der Waals surface area contributed by atoms with Crippen LogP contribution in [0.4, 0.5) is 19.4 Å². The van der Waals surface area contributed by atoms with Crippen LogP contribution in [0.3, 0.4) is 0 Å². The van der Waals surface area contributed by atoms with Crippen molar-refractivity contribution >= 4 is 34.4 Å². The average Bonchev–Trinajstić information content (AvgIpc) is 2.97. The second-order valence-electron chi connectivity index (χ2n) is 14.1. The smallest absolute Gasteiger partial charge is 0.410 e. The molecule has 2 fully saturated rings. The summed E-state index contributed by atoms with van der Waals surface area (Å²) >= 11 is 6.91. The molecule has 46 heavy (non-hydrogen) atoms. The predicted molar refractivity (Wildman–Crippen MR) is 175 cm³/mol. The first kappa shape index (κ1) is 32.5. The van der Waals surface area contributed by atoms with Gasteiger partial charge in [-0.15, -0.1) is 0 Å². The molecule has 1 aromatic heterocycles. The third-order valence-electron chi connectivity index (χ3n) is 9.41. The van der Waals surface area contributed by atoms with E-state index in [9.17, 15) is 14.0 Å². The highest BCUT2D eigenvalue weighted by Gasteiger charge is 2.38. The molecule has 9 nitrogen and oxygen atoms in total. The van der Waals surface area contributed by atoms with Crippen LogP contribution in [0.1, 0.15) is 59.9 Å². The van der Waals surface area contributed by atoms with Crippen molar-refractivity contribution in [3.05, 3.63) is 51.4 Å². The number of aromatic nitrogens is 2. The van der Waals surface area contributed by atoms with Crippen molar-refractivity contribution in [2.45, 2.75) is 77.6 Å². The minimum atomic E-state index is -0.779. The van der Waals surface area contributed by atoms with Gasteiger partial charge in [-0.25, -0.2) is 18.4 Å². The van der Waals surface area contributed by atoms with Crippen LogP contribution in [0.25, 0.3) is 22.0 Å². The predicted octanol–water partition coefficient (Wildman–Crippen LogP) is 6.49. The van der Waals surface area contributed by atoms with E-state index in [4.69, 9.17) is 21.1 Å². The number of halogens is 3. The second-order valence-corrected chi connectivity index (χ2v) is 14.5. The molecule has 4 heterocycles. The van der Waals surface area contributed by atoms with Crippen molar-refractivity contribution in [1.82, 2.24) is 19.4 Å². The molecule has 3 atom stereocenters. The van der Waals surface area contributed by atoms with E-state index < -0.39 is 29.0 Å². The van der Waals surface area contributed by atoms with E-state index in [0.29, 0.717) is 35.7 Å². The standard InChI is InChI=1S/C34H42ClF2N5O4/c1-19-17-41(33(44)46-34(3,4)5)20(2)16-40(19)31-25-15-26(35)28(24-8-7-22(36)14-27(24)37)30-29(25)42(32(43)38-31)23(18-45-30)13-21-9-11-39(6)12-10-21/h7-8,14-15,19-21,23H,9-13,16-18H2,1-6H3/t19?,20?,23-/m1/s1. The Morgan fingerprint density at radius 3 is 2.50 bits per heavy atom. The minimum Gasteiger partial charge on any atom is -0.488 e. The van der Waals surface area contributed by atoms with E-state index in [0.717, 1.165) is 38.4 Å². The molecule has 0 radical (unpaired) electrons. The number of piperidine rings is 1. The van der Waals surface area contributed by atoms with E-state index in [1.54, 1.807) is 15.5 Å². The molecule has 0 aliphatic carbocycles. The maximum atomic E-state index is 15.2. The van der Waals surface area contributed by atoms with E-state index in [1.165, 1.54) is 12.1 Å². The summed E-state index contributed by atoms with van der Waals surface area (Å²) in [5.41, 5.74) is -0.205. The van der Waals surface area contributed by atoms with E-state index in [-0.39, 0.29) is 46.6 Å². The molecule has 6 rings (SSSR count). The molecule has 12 heteroatoms. The fraction of sp³-hybridized carbons (Fsp3) is 0.559. The molecular weight excluding hydrogens is 616 g/mol. The fourth-order valence-electron chi connectivity index (χ4n) is 7.07. The number of anilines is 1. The molecule has 0 saturated carbocycles. The zero-order chi connectivity index (χ0) is 33.1. The summed E-state index contributed by atoms with van der Waals surface area (Å²) in [6, 6.07) is 4.30. The summed E-state index contributed by atoms with van der Waals surface area (Å²) in [4.78, 5) is 37.8. The third-order valence-corrected chi connectivity index (χ3v) is 9.71. The fourth-order valence-corrected chi connectivity index (χ4v) is 7.37. The summed E-state index contributed by atoms with van der Waals surface area (Å²) in [5.74, 6) is -0.365. The van der Waals surface area contributed by atoms with Gasteiger partial charge in [0, 0.05) is 47.8 Å². The first-order valence-corrected chi connectivity index (χ1v) is 16.4. The minimum absolute atomic E-state index is 0.0856. The van der Waals surface area contributed by atoms with Crippen molar-refractivity contribution in [3.63, 3.8) is 0 Å². The number of benzene rings is 2. The highest BCUT2D eigenvalue weighted by Crippen LogP contribution is 2.48.